The van der Waals surface area contributed by atoms with Crippen LogP contribution in [-0.4, -0.2) is 27.4 Å². The van der Waals surface area contributed by atoms with E-state index in [-0.39, 0.29) is 10.8 Å². The van der Waals surface area contributed by atoms with Crippen molar-refractivity contribution < 1.29 is 4.12 Å². The third-order valence-corrected chi connectivity index (χ3v) is 27.9. The van der Waals surface area contributed by atoms with Crippen LogP contribution < -0.4 is 0 Å². The molecule has 1 nitrogen and oxygen atoms in total. The van der Waals surface area contributed by atoms with Gasteiger partial charge in [0.25, 0.3) is 0 Å². The number of unbranched alkanes of at least 4 members (excludes halogenated alkanes) is 8. The minimum atomic E-state index is -1.58. The molecule has 0 fully saturated rings. The molecule has 0 saturated carbocycles. The van der Waals surface area contributed by atoms with E-state index in [4.69, 9.17) is 4.12 Å². The molecule has 0 atom stereocenters. The Labute approximate surface area is 301 Å². The van der Waals surface area contributed by atoms with Crippen LogP contribution in [0.5, 0.6) is 0 Å². The molecule has 0 rings (SSSR count). The molecule has 0 heterocycles. The average Bonchev–Trinajstić information content (AvgIpc) is 2.63. The fourth-order valence-electron chi connectivity index (χ4n) is 3.99. The van der Waals surface area contributed by atoms with Gasteiger partial charge in [-0.25, -0.2) is 0 Å². The number of alkyl halides is 10. The van der Waals surface area contributed by atoms with Crippen LogP contribution in [0.25, 0.3) is 0 Å². The van der Waals surface area contributed by atoms with Gasteiger partial charge in [0, 0.05) is 0 Å². The van der Waals surface area contributed by atoms with Gasteiger partial charge in [-0.3, -0.25) is 0 Å². The van der Waals surface area contributed by atoms with E-state index in [2.05, 4.69) is 185 Å². The van der Waals surface area contributed by atoms with Crippen LogP contribution in [0.1, 0.15) is 77.0 Å². The van der Waals surface area contributed by atoms with Crippen molar-refractivity contribution in [2.24, 2.45) is 0 Å². The topological polar surface area (TPSA) is 9.23 Å². The smallest absolute Gasteiger partial charge is 0.173 e. The van der Waals surface area contributed by atoms with E-state index in [0.29, 0.717) is 0 Å². The zero-order valence-corrected chi connectivity index (χ0v) is 38.9. The van der Waals surface area contributed by atoms with E-state index in [1.54, 1.807) is 0 Å². The highest BCUT2D eigenvalue weighted by atomic mass is 80.0. The van der Waals surface area contributed by atoms with Gasteiger partial charge in [-0.1, -0.05) is 224 Å². The molecular weight excluding hydrogens is 1140 g/mol. The standard InChI is InChI=1S/C22H40Br10OSi2/c1-34(2,17-13-9-5-7-11-15-19(23,24)21(27,28)29)33-35(3,4)18-14-10-6-8-12-16-20(25,26)22(30,31)32/h5-18H2,1-4H3. The Morgan fingerprint density at radius 3 is 0.971 bits per heavy atom. The molecule has 0 unspecified atom stereocenters. The van der Waals surface area contributed by atoms with Crippen LogP contribution in [0.2, 0.25) is 38.3 Å². The quantitative estimate of drug-likeness (QED) is 0.0755. The number of hydrogen-bond donors (Lipinski definition) is 0. The van der Waals surface area contributed by atoms with Crippen molar-refractivity contribution >= 4 is 176 Å². The first-order valence-electron chi connectivity index (χ1n) is 12.2. The van der Waals surface area contributed by atoms with Gasteiger partial charge in [0.1, 0.15) is 6.47 Å². The van der Waals surface area contributed by atoms with Crippen molar-refractivity contribution in [3.05, 3.63) is 0 Å². The molecule has 0 spiro atoms. The van der Waals surface area contributed by atoms with Gasteiger partial charge < -0.3 is 4.12 Å². The molecule has 0 N–H and O–H groups in total. The molecule has 0 radical (unpaired) electrons. The van der Waals surface area contributed by atoms with Gasteiger partial charge in [0.05, 0.1) is 0 Å². The summed E-state index contributed by atoms with van der Waals surface area (Å²) in [7, 11) is -3.16. The second-order valence-electron chi connectivity index (χ2n) is 10.6. The second kappa shape index (κ2) is 18.1. The Morgan fingerprint density at radius 1 is 0.429 bits per heavy atom. The average molecular weight is 1180 g/mol. The summed E-state index contributed by atoms with van der Waals surface area (Å²) in [6.07, 6.45) is 14.8. The van der Waals surface area contributed by atoms with Crippen molar-refractivity contribution in [1.29, 1.82) is 0 Å². The summed E-state index contributed by atoms with van der Waals surface area (Å²) >= 11 is 36.6. The van der Waals surface area contributed by atoms with Crippen LogP contribution in [0.3, 0.4) is 0 Å². The third kappa shape index (κ3) is 19.2. The van der Waals surface area contributed by atoms with E-state index >= 15 is 0 Å². The molecular formula is C22H40Br10OSi2. The first kappa shape index (κ1) is 40.2. The Morgan fingerprint density at radius 2 is 0.686 bits per heavy atom. The van der Waals surface area contributed by atoms with E-state index < -0.39 is 16.6 Å². The minimum Gasteiger partial charge on any atom is -0.455 e. The Kier molecular flexibility index (Phi) is 20.8. The van der Waals surface area contributed by atoms with Gasteiger partial charge in [-0.15, -0.1) is 0 Å². The molecule has 0 amide bonds. The summed E-state index contributed by atoms with van der Waals surface area (Å²) in [6, 6.07) is 2.57. The van der Waals surface area contributed by atoms with Crippen molar-refractivity contribution in [1.82, 2.24) is 0 Å². The maximum Gasteiger partial charge on any atom is 0.173 e. The Hall–Kier alpha value is 5.19. The van der Waals surface area contributed by atoms with Crippen LogP contribution in [0, 0.1) is 0 Å². The lowest BCUT2D eigenvalue weighted by molar-refractivity contribution is 0.518. The molecule has 0 aliphatic carbocycles. The van der Waals surface area contributed by atoms with Gasteiger partial charge >= 0.3 is 0 Å². The largest absolute Gasteiger partial charge is 0.455 e. The van der Waals surface area contributed by atoms with Gasteiger partial charge in [0.15, 0.2) is 20.9 Å². The van der Waals surface area contributed by atoms with Crippen LogP contribution in [0.15, 0.2) is 0 Å². The lowest BCUT2D eigenvalue weighted by atomic mass is 10.1. The zero-order chi connectivity index (χ0) is 27.6. The Bertz CT molecular complexity index is 540. The predicted molar refractivity (Wildman–Crippen MR) is 201 cm³/mol. The summed E-state index contributed by atoms with van der Waals surface area (Å²) in [6.45, 7) is 9.71. The molecule has 0 aromatic heterocycles. The van der Waals surface area contributed by atoms with Crippen molar-refractivity contribution in [2.45, 2.75) is 126 Å². The van der Waals surface area contributed by atoms with E-state index in [9.17, 15) is 0 Å². The lowest BCUT2D eigenvalue weighted by Crippen LogP contribution is -2.44. The molecule has 35 heavy (non-hydrogen) atoms. The van der Waals surface area contributed by atoms with Gasteiger partial charge in [-0.05, 0) is 51.1 Å². The van der Waals surface area contributed by atoms with Gasteiger partial charge in [-0.2, -0.15) is 0 Å². The summed E-state index contributed by atoms with van der Waals surface area (Å²) in [5, 5.41) is 0. The predicted octanol–water partition coefficient (Wildman–Crippen LogP) is 14.7. The summed E-state index contributed by atoms with van der Waals surface area (Å²) < 4.78 is 5.81. The highest BCUT2D eigenvalue weighted by molar-refractivity contribution is 9.42. The van der Waals surface area contributed by atoms with Crippen molar-refractivity contribution in [2.75, 3.05) is 0 Å². The van der Waals surface area contributed by atoms with Gasteiger partial charge in [0.2, 0.25) is 0 Å². The first-order valence-corrected chi connectivity index (χ1v) is 26.4. The fourth-order valence-corrected chi connectivity index (χ4v) is 15.3. The summed E-state index contributed by atoms with van der Waals surface area (Å²) in [4.78, 5) is 0. The lowest BCUT2D eigenvalue weighted by Gasteiger charge is -2.34. The van der Waals surface area contributed by atoms with E-state index in [0.717, 1.165) is 12.8 Å². The van der Waals surface area contributed by atoms with Crippen LogP contribution >= 0.6 is 159 Å². The van der Waals surface area contributed by atoms with Crippen LogP contribution in [-0.2, 0) is 4.12 Å². The molecule has 0 bridgehead atoms. The summed E-state index contributed by atoms with van der Waals surface area (Å²) in [5.74, 6) is 0. The molecule has 0 aromatic carbocycles. The fraction of sp³-hybridized carbons (Fsp3) is 1.00. The maximum atomic E-state index is 6.87. The van der Waals surface area contributed by atoms with Crippen LogP contribution in [0.4, 0.5) is 0 Å². The molecule has 0 aromatic rings. The van der Waals surface area contributed by atoms with Crippen molar-refractivity contribution in [3.8, 4) is 0 Å². The Balaban J connectivity index is 4.02. The highest BCUT2D eigenvalue weighted by Gasteiger charge is 2.42. The molecule has 0 aliphatic heterocycles. The maximum absolute atomic E-state index is 6.87. The summed E-state index contributed by atoms with van der Waals surface area (Å²) in [5.41, 5.74) is 0. The normalized spacial score (nSPS) is 14.6. The minimum absolute atomic E-state index is 0.194. The zero-order valence-electron chi connectivity index (χ0n) is 21.1. The van der Waals surface area contributed by atoms with Crippen molar-refractivity contribution in [3.63, 3.8) is 0 Å². The SMILES string of the molecule is C[Si](C)(CCCCCCCC(Br)(Br)C(Br)(Br)Br)O[Si](C)(C)CCCCCCCC(Br)(Br)C(Br)(Br)Br. The number of halogens is 10. The highest BCUT2D eigenvalue weighted by Crippen LogP contribution is 2.56. The number of hydrogen-bond acceptors (Lipinski definition) is 1. The number of rotatable bonds is 18. The first-order chi connectivity index (χ1) is 15.6. The molecule has 0 aliphatic rings. The monoisotopic (exact) mass is 1170 g/mol. The third-order valence-electron chi connectivity index (χ3n) is 5.92. The van der Waals surface area contributed by atoms with E-state index in [1.165, 1.54) is 76.3 Å². The molecule has 212 valence electrons. The van der Waals surface area contributed by atoms with E-state index in [1.807, 2.05) is 0 Å². The molecule has 13 heteroatoms. The molecule has 0 saturated heterocycles. The second-order valence-corrected chi connectivity index (χ2v) is 40.5.